The molecule has 0 radical (unpaired) electrons. The maximum atomic E-state index is 13.8. The number of nitrogens with one attached hydrogen (secondary N) is 1. The molecule has 24 heavy (non-hydrogen) atoms. The van der Waals surface area contributed by atoms with Crippen LogP contribution in [0.1, 0.15) is 17.3 Å². The van der Waals surface area contributed by atoms with Gasteiger partial charge in [-0.1, -0.05) is 12.1 Å². The Morgan fingerprint density at radius 1 is 1.17 bits per heavy atom. The van der Waals surface area contributed by atoms with Crippen molar-refractivity contribution in [2.75, 3.05) is 5.32 Å². The lowest BCUT2D eigenvalue weighted by Crippen LogP contribution is -1.95. The van der Waals surface area contributed by atoms with Crippen LogP contribution in [0, 0.1) is 11.6 Å². The highest BCUT2D eigenvalue weighted by Gasteiger charge is 2.11. The van der Waals surface area contributed by atoms with Gasteiger partial charge in [0.2, 0.25) is 0 Å². The Kier molecular flexibility index (Phi) is 5.64. The smallest absolute Gasteiger partial charge is 0.187 e. The van der Waals surface area contributed by atoms with Crippen LogP contribution in [-0.2, 0) is 0 Å². The predicted octanol–water partition coefficient (Wildman–Crippen LogP) is 5.46. The second kappa shape index (κ2) is 7.51. The Bertz CT molecular complexity index is 883. The summed E-state index contributed by atoms with van der Waals surface area (Å²) in [5.74, 6) is -1.30. The molecule has 0 aliphatic heterocycles. The molecular formula is C17H13ClF2N2OS. The molecule has 0 spiro atoms. The molecule has 7 heteroatoms. The molecule has 0 unspecified atom stereocenters. The average molecular weight is 367 g/mol. The third-order valence-electron chi connectivity index (χ3n) is 3.23. The first-order valence-corrected chi connectivity index (χ1v) is 7.70. The number of hydrogen-bond donors (Lipinski definition) is 1. The number of benzene rings is 2. The number of rotatable bonds is 4. The summed E-state index contributed by atoms with van der Waals surface area (Å²) in [6.45, 7) is 1.50. The van der Waals surface area contributed by atoms with Crippen molar-refractivity contribution in [3.63, 3.8) is 0 Å². The van der Waals surface area contributed by atoms with Gasteiger partial charge in [0, 0.05) is 28.3 Å². The Labute approximate surface area is 147 Å². The minimum absolute atomic E-state index is 0. The first kappa shape index (κ1) is 18.0. The van der Waals surface area contributed by atoms with Gasteiger partial charge in [0.15, 0.2) is 10.9 Å². The van der Waals surface area contributed by atoms with Gasteiger partial charge < -0.3 is 5.32 Å². The third kappa shape index (κ3) is 3.96. The minimum Gasteiger partial charge on any atom is -0.332 e. The molecule has 0 amide bonds. The number of carbonyl (C=O) groups excluding carboxylic acids is 1. The van der Waals surface area contributed by atoms with Crippen LogP contribution in [0.4, 0.5) is 19.6 Å². The fourth-order valence-corrected chi connectivity index (χ4v) is 2.82. The zero-order valence-electron chi connectivity index (χ0n) is 12.5. The summed E-state index contributed by atoms with van der Waals surface area (Å²) in [5, 5.41) is 5.33. The molecule has 0 saturated heterocycles. The summed E-state index contributed by atoms with van der Waals surface area (Å²) in [5.41, 5.74) is 1.99. The topological polar surface area (TPSA) is 42.0 Å². The van der Waals surface area contributed by atoms with E-state index in [2.05, 4.69) is 10.3 Å². The lowest BCUT2D eigenvalue weighted by molar-refractivity contribution is 0.101. The van der Waals surface area contributed by atoms with Crippen molar-refractivity contribution in [3.05, 3.63) is 65.0 Å². The largest absolute Gasteiger partial charge is 0.332 e. The third-order valence-corrected chi connectivity index (χ3v) is 3.99. The van der Waals surface area contributed by atoms with Crippen molar-refractivity contribution < 1.29 is 13.6 Å². The van der Waals surface area contributed by atoms with Crippen molar-refractivity contribution in [1.82, 2.24) is 4.98 Å². The van der Waals surface area contributed by atoms with Crippen LogP contribution in [-0.4, -0.2) is 10.8 Å². The maximum Gasteiger partial charge on any atom is 0.187 e. The lowest BCUT2D eigenvalue weighted by Gasteiger charge is -2.04. The SMILES string of the molecule is CC(=O)c1cccc(Nc2nc(-c3ccc(F)cc3F)cs2)c1.Cl. The van der Waals surface area contributed by atoms with E-state index in [-0.39, 0.29) is 23.8 Å². The van der Waals surface area contributed by atoms with E-state index in [1.54, 1.807) is 23.6 Å². The van der Waals surface area contributed by atoms with Gasteiger partial charge in [-0.3, -0.25) is 4.79 Å². The van der Waals surface area contributed by atoms with Crippen molar-refractivity contribution >= 4 is 40.3 Å². The molecule has 0 aliphatic rings. The Hall–Kier alpha value is -2.31. The molecule has 3 aromatic rings. The summed E-state index contributed by atoms with van der Waals surface area (Å²) in [7, 11) is 0. The van der Waals surface area contributed by atoms with Gasteiger partial charge in [0.1, 0.15) is 11.6 Å². The van der Waals surface area contributed by atoms with E-state index in [4.69, 9.17) is 0 Å². The van der Waals surface area contributed by atoms with E-state index in [1.165, 1.54) is 30.4 Å². The molecule has 0 aliphatic carbocycles. The van der Waals surface area contributed by atoms with Gasteiger partial charge in [0.05, 0.1) is 5.69 Å². The fraction of sp³-hybridized carbons (Fsp3) is 0.0588. The van der Waals surface area contributed by atoms with Gasteiger partial charge in [-0.2, -0.15) is 0 Å². The standard InChI is InChI=1S/C17H12F2N2OS.ClH/c1-10(22)11-3-2-4-13(7-11)20-17-21-16(9-23-17)14-6-5-12(18)8-15(14)19;/h2-9H,1H3,(H,20,21);1H. The van der Waals surface area contributed by atoms with Crippen LogP contribution < -0.4 is 5.32 Å². The lowest BCUT2D eigenvalue weighted by atomic mass is 10.1. The summed E-state index contributed by atoms with van der Waals surface area (Å²) in [6, 6.07) is 10.4. The van der Waals surface area contributed by atoms with Gasteiger partial charge in [0.25, 0.3) is 0 Å². The Morgan fingerprint density at radius 3 is 2.67 bits per heavy atom. The molecule has 1 N–H and O–H groups in total. The molecule has 0 fully saturated rings. The Morgan fingerprint density at radius 2 is 1.96 bits per heavy atom. The van der Waals surface area contributed by atoms with E-state index in [0.29, 0.717) is 16.4 Å². The molecule has 124 valence electrons. The first-order valence-electron chi connectivity index (χ1n) is 6.82. The van der Waals surface area contributed by atoms with Crippen LogP contribution in [0.25, 0.3) is 11.3 Å². The van der Waals surface area contributed by atoms with Crippen LogP contribution in [0.3, 0.4) is 0 Å². The van der Waals surface area contributed by atoms with E-state index in [9.17, 15) is 13.6 Å². The highest BCUT2D eigenvalue weighted by molar-refractivity contribution is 7.14. The van der Waals surface area contributed by atoms with E-state index in [0.717, 1.165) is 11.8 Å². The number of ketones is 1. The number of nitrogens with zero attached hydrogens (tertiary/aromatic N) is 1. The second-order valence-electron chi connectivity index (χ2n) is 4.92. The molecule has 0 bridgehead atoms. The molecule has 0 saturated carbocycles. The molecule has 1 aromatic heterocycles. The zero-order valence-corrected chi connectivity index (χ0v) is 14.2. The summed E-state index contributed by atoms with van der Waals surface area (Å²) in [6.07, 6.45) is 0. The molecule has 2 aromatic carbocycles. The molecule has 3 nitrogen and oxygen atoms in total. The minimum atomic E-state index is -0.652. The number of Topliss-reactive ketones (excluding diaryl/α,β-unsaturated/α-hetero) is 1. The average Bonchev–Trinajstić information content (AvgIpc) is 2.95. The number of hydrogen-bond acceptors (Lipinski definition) is 4. The zero-order chi connectivity index (χ0) is 16.4. The van der Waals surface area contributed by atoms with Gasteiger partial charge in [-0.25, -0.2) is 13.8 Å². The number of thiazole rings is 1. The molecule has 0 atom stereocenters. The van der Waals surface area contributed by atoms with Crippen molar-refractivity contribution in [3.8, 4) is 11.3 Å². The normalized spacial score (nSPS) is 10.1. The maximum absolute atomic E-state index is 13.8. The monoisotopic (exact) mass is 366 g/mol. The van der Waals surface area contributed by atoms with E-state index >= 15 is 0 Å². The molecule has 1 heterocycles. The van der Waals surface area contributed by atoms with Crippen LogP contribution >= 0.6 is 23.7 Å². The van der Waals surface area contributed by atoms with Crippen molar-refractivity contribution in [1.29, 1.82) is 0 Å². The summed E-state index contributed by atoms with van der Waals surface area (Å²) in [4.78, 5) is 15.7. The fourth-order valence-electron chi connectivity index (χ4n) is 2.09. The molecular weight excluding hydrogens is 354 g/mol. The first-order chi connectivity index (χ1) is 11.0. The number of carbonyl (C=O) groups is 1. The number of aromatic nitrogens is 1. The summed E-state index contributed by atoms with van der Waals surface area (Å²) < 4.78 is 26.7. The van der Waals surface area contributed by atoms with Gasteiger partial charge in [-0.15, -0.1) is 23.7 Å². The molecule has 3 rings (SSSR count). The van der Waals surface area contributed by atoms with Crippen molar-refractivity contribution in [2.45, 2.75) is 6.92 Å². The highest BCUT2D eigenvalue weighted by atomic mass is 35.5. The van der Waals surface area contributed by atoms with Crippen LogP contribution in [0.5, 0.6) is 0 Å². The predicted molar refractivity (Wildman–Crippen MR) is 94.4 cm³/mol. The summed E-state index contributed by atoms with van der Waals surface area (Å²) >= 11 is 1.30. The van der Waals surface area contributed by atoms with E-state index < -0.39 is 11.6 Å². The number of anilines is 2. The highest BCUT2D eigenvalue weighted by Crippen LogP contribution is 2.29. The number of halogens is 3. The Balaban J connectivity index is 0.00000208. The van der Waals surface area contributed by atoms with Gasteiger partial charge in [-0.05, 0) is 31.2 Å². The van der Waals surface area contributed by atoms with Crippen molar-refractivity contribution in [2.24, 2.45) is 0 Å². The van der Waals surface area contributed by atoms with E-state index in [1.807, 2.05) is 6.07 Å². The van der Waals surface area contributed by atoms with Crippen LogP contribution in [0.15, 0.2) is 47.8 Å². The quantitative estimate of drug-likeness (QED) is 0.624. The van der Waals surface area contributed by atoms with Crippen LogP contribution in [0.2, 0.25) is 0 Å². The van der Waals surface area contributed by atoms with Gasteiger partial charge >= 0.3 is 0 Å². The second-order valence-corrected chi connectivity index (χ2v) is 5.78.